The first-order valence-electron chi connectivity index (χ1n) is 7.81. The number of aryl methyl sites for hydroxylation is 1. The second-order valence-electron chi connectivity index (χ2n) is 5.77. The minimum Gasteiger partial charge on any atom is -0.456 e. The van der Waals surface area contributed by atoms with Gasteiger partial charge >= 0.3 is 5.97 Å². The van der Waals surface area contributed by atoms with Crippen molar-refractivity contribution in [2.24, 2.45) is 0 Å². The van der Waals surface area contributed by atoms with Gasteiger partial charge in [-0.1, -0.05) is 17.7 Å². The standard InChI is InChI=1S/C17H20N2O6S/c1-11-5-7-13(8-6-11)26(23,24)19-16(12(2)20)17(22)25-10-15(21)14-4-3-9-18-14/h3-9,12,16,18-20H,10H2,1-2H3/t12-,16+/m0/s1. The van der Waals surface area contributed by atoms with E-state index in [1.165, 1.54) is 25.1 Å². The number of Topliss-reactive ketones (excluding diaryl/α,β-unsaturated/α-hetero) is 1. The molecule has 0 aliphatic rings. The minimum absolute atomic E-state index is 0.0518. The fraction of sp³-hybridized carbons (Fsp3) is 0.294. The summed E-state index contributed by atoms with van der Waals surface area (Å²) >= 11 is 0. The number of aromatic amines is 1. The van der Waals surface area contributed by atoms with E-state index in [9.17, 15) is 23.1 Å². The van der Waals surface area contributed by atoms with Crippen molar-refractivity contribution in [3.63, 3.8) is 0 Å². The van der Waals surface area contributed by atoms with Crippen LogP contribution in [0.4, 0.5) is 0 Å². The molecule has 26 heavy (non-hydrogen) atoms. The first-order chi connectivity index (χ1) is 12.2. The summed E-state index contributed by atoms with van der Waals surface area (Å²) in [5, 5.41) is 9.77. The second-order valence-corrected chi connectivity index (χ2v) is 7.48. The lowest BCUT2D eigenvalue weighted by atomic mass is 10.2. The van der Waals surface area contributed by atoms with Gasteiger partial charge in [0.25, 0.3) is 0 Å². The van der Waals surface area contributed by atoms with Crippen LogP contribution in [0.2, 0.25) is 0 Å². The highest BCUT2D eigenvalue weighted by Gasteiger charge is 2.31. The van der Waals surface area contributed by atoms with Crippen LogP contribution in [0.25, 0.3) is 0 Å². The van der Waals surface area contributed by atoms with Crippen molar-refractivity contribution in [2.45, 2.75) is 30.9 Å². The molecule has 3 N–H and O–H groups in total. The fourth-order valence-electron chi connectivity index (χ4n) is 2.10. The molecule has 1 aromatic carbocycles. The van der Waals surface area contributed by atoms with E-state index in [0.29, 0.717) is 0 Å². The lowest BCUT2D eigenvalue weighted by molar-refractivity contribution is -0.147. The summed E-state index contributed by atoms with van der Waals surface area (Å²) in [4.78, 5) is 26.6. The molecule has 0 fully saturated rings. The van der Waals surface area contributed by atoms with Crippen LogP contribution in [0.3, 0.4) is 0 Å². The Kier molecular flexibility index (Phi) is 6.30. The molecule has 0 saturated carbocycles. The molecule has 0 radical (unpaired) electrons. The van der Waals surface area contributed by atoms with Crippen molar-refractivity contribution in [1.82, 2.24) is 9.71 Å². The molecule has 0 bridgehead atoms. The van der Waals surface area contributed by atoms with E-state index in [0.717, 1.165) is 5.56 Å². The average molecular weight is 380 g/mol. The van der Waals surface area contributed by atoms with Gasteiger partial charge in [0.2, 0.25) is 15.8 Å². The number of carbonyl (C=O) groups excluding carboxylic acids is 2. The maximum absolute atomic E-state index is 12.4. The van der Waals surface area contributed by atoms with E-state index < -0.39 is 40.5 Å². The predicted molar refractivity (Wildman–Crippen MR) is 93.1 cm³/mol. The van der Waals surface area contributed by atoms with E-state index >= 15 is 0 Å². The molecule has 0 aliphatic carbocycles. The second kappa shape index (κ2) is 8.26. The summed E-state index contributed by atoms with van der Waals surface area (Å²) in [6.07, 6.45) is 0.187. The predicted octanol–water partition coefficient (Wildman–Crippen LogP) is 0.777. The lowest BCUT2D eigenvalue weighted by Crippen LogP contribution is -2.48. The van der Waals surface area contributed by atoms with Gasteiger partial charge in [-0.05, 0) is 38.1 Å². The van der Waals surface area contributed by atoms with Gasteiger partial charge in [-0.2, -0.15) is 4.72 Å². The number of nitrogens with one attached hydrogen (secondary N) is 2. The number of aliphatic hydroxyl groups excluding tert-OH is 1. The van der Waals surface area contributed by atoms with Crippen LogP contribution < -0.4 is 4.72 Å². The van der Waals surface area contributed by atoms with Crippen molar-refractivity contribution < 1.29 is 27.9 Å². The Hall–Kier alpha value is -2.49. The molecular weight excluding hydrogens is 360 g/mol. The van der Waals surface area contributed by atoms with Crippen molar-refractivity contribution in [2.75, 3.05) is 6.61 Å². The number of ketones is 1. The first kappa shape index (κ1) is 19.8. The number of rotatable bonds is 8. The van der Waals surface area contributed by atoms with Gasteiger partial charge < -0.3 is 14.8 Å². The van der Waals surface area contributed by atoms with Gasteiger partial charge in [0.15, 0.2) is 6.61 Å². The van der Waals surface area contributed by atoms with Crippen molar-refractivity contribution in [3.8, 4) is 0 Å². The largest absolute Gasteiger partial charge is 0.456 e. The Bertz CT molecular complexity index is 857. The molecule has 0 saturated heterocycles. The molecule has 140 valence electrons. The number of hydrogen-bond donors (Lipinski definition) is 3. The van der Waals surface area contributed by atoms with Crippen LogP contribution in [0, 0.1) is 6.92 Å². The Balaban J connectivity index is 2.06. The maximum Gasteiger partial charge on any atom is 0.327 e. The van der Waals surface area contributed by atoms with Gasteiger partial charge in [0, 0.05) is 6.20 Å². The summed E-state index contributed by atoms with van der Waals surface area (Å²) in [6.45, 7) is 2.48. The van der Waals surface area contributed by atoms with Crippen LogP contribution in [0.1, 0.15) is 23.0 Å². The van der Waals surface area contributed by atoms with Gasteiger partial charge in [-0.25, -0.2) is 8.42 Å². The molecule has 0 spiro atoms. The van der Waals surface area contributed by atoms with Crippen molar-refractivity contribution in [3.05, 3.63) is 53.9 Å². The molecular formula is C17H20N2O6S. The number of H-pyrrole nitrogens is 1. The monoisotopic (exact) mass is 380 g/mol. The summed E-state index contributed by atoms with van der Waals surface area (Å²) in [5.74, 6) is -1.52. The van der Waals surface area contributed by atoms with Crippen LogP contribution in [0.5, 0.6) is 0 Å². The number of esters is 1. The number of hydrogen-bond acceptors (Lipinski definition) is 6. The van der Waals surface area contributed by atoms with Crippen molar-refractivity contribution in [1.29, 1.82) is 0 Å². The Morgan fingerprint density at radius 2 is 1.88 bits per heavy atom. The quantitative estimate of drug-likeness (QED) is 0.459. The summed E-state index contributed by atoms with van der Waals surface area (Å²) < 4.78 is 31.7. The molecule has 1 heterocycles. The Labute approximate surface area is 151 Å². The molecule has 9 heteroatoms. The van der Waals surface area contributed by atoms with E-state index in [-0.39, 0.29) is 10.6 Å². The third kappa shape index (κ3) is 5.01. The molecule has 8 nitrogen and oxygen atoms in total. The Morgan fingerprint density at radius 1 is 1.23 bits per heavy atom. The molecule has 2 atom stereocenters. The topological polar surface area (TPSA) is 126 Å². The number of ether oxygens (including phenoxy) is 1. The van der Waals surface area contributed by atoms with E-state index in [1.54, 1.807) is 31.3 Å². The number of benzene rings is 1. The van der Waals surface area contributed by atoms with Gasteiger partial charge in [-0.15, -0.1) is 0 Å². The highest BCUT2D eigenvalue weighted by molar-refractivity contribution is 7.89. The molecule has 2 rings (SSSR count). The third-order valence-corrected chi connectivity index (χ3v) is 5.05. The van der Waals surface area contributed by atoms with Crippen molar-refractivity contribution >= 4 is 21.8 Å². The van der Waals surface area contributed by atoms with Gasteiger partial charge in [-0.3, -0.25) is 9.59 Å². The number of carbonyl (C=O) groups is 2. The highest BCUT2D eigenvalue weighted by Crippen LogP contribution is 2.12. The number of aliphatic hydroxyl groups is 1. The zero-order valence-electron chi connectivity index (χ0n) is 14.3. The van der Waals surface area contributed by atoms with E-state index in [1.807, 2.05) is 0 Å². The third-order valence-electron chi connectivity index (χ3n) is 3.59. The summed E-state index contributed by atoms with van der Waals surface area (Å²) in [7, 11) is -4.05. The molecule has 1 aromatic heterocycles. The van der Waals surface area contributed by atoms with Gasteiger partial charge in [0.1, 0.15) is 6.04 Å². The lowest BCUT2D eigenvalue weighted by Gasteiger charge is -2.20. The zero-order valence-corrected chi connectivity index (χ0v) is 15.1. The van der Waals surface area contributed by atoms with Crippen LogP contribution >= 0.6 is 0 Å². The van der Waals surface area contributed by atoms with Crippen LogP contribution in [-0.4, -0.2) is 49.0 Å². The minimum atomic E-state index is -4.05. The molecule has 0 aliphatic heterocycles. The normalized spacial score (nSPS) is 13.8. The smallest absolute Gasteiger partial charge is 0.327 e. The first-order valence-corrected chi connectivity index (χ1v) is 9.29. The SMILES string of the molecule is Cc1ccc(S(=O)(=O)N[C@@H](C(=O)OCC(=O)c2ccc[nH]2)[C@H](C)O)cc1. The van der Waals surface area contributed by atoms with E-state index in [4.69, 9.17) is 4.74 Å². The van der Waals surface area contributed by atoms with Gasteiger partial charge in [0.05, 0.1) is 16.7 Å². The number of sulfonamides is 1. The summed E-state index contributed by atoms with van der Waals surface area (Å²) in [6, 6.07) is 7.58. The highest BCUT2D eigenvalue weighted by atomic mass is 32.2. The average Bonchev–Trinajstić information content (AvgIpc) is 3.12. The van der Waals surface area contributed by atoms with Crippen LogP contribution in [0.15, 0.2) is 47.5 Å². The molecule has 0 amide bonds. The fourth-order valence-corrected chi connectivity index (χ4v) is 3.36. The molecule has 0 unspecified atom stereocenters. The maximum atomic E-state index is 12.4. The Morgan fingerprint density at radius 3 is 2.42 bits per heavy atom. The van der Waals surface area contributed by atoms with E-state index in [2.05, 4.69) is 9.71 Å². The zero-order chi connectivity index (χ0) is 19.3. The summed E-state index contributed by atoms with van der Waals surface area (Å²) in [5.41, 5.74) is 1.13. The molecule has 2 aromatic rings. The van der Waals surface area contributed by atoms with Crippen LogP contribution in [-0.2, 0) is 19.6 Å². The number of aromatic nitrogens is 1.